The van der Waals surface area contributed by atoms with Crippen LogP contribution in [0.4, 0.5) is 5.69 Å². The summed E-state index contributed by atoms with van der Waals surface area (Å²) in [5.74, 6) is -0.247. The number of anilines is 1. The van der Waals surface area contributed by atoms with Crippen LogP contribution in [-0.2, 0) is 21.0 Å². The van der Waals surface area contributed by atoms with Crippen molar-refractivity contribution in [2.24, 2.45) is 5.16 Å². The van der Waals surface area contributed by atoms with E-state index < -0.39 is 0 Å². The van der Waals surface area contributed by atoms with Crippen LogP contribution in [0, 0.1) is 0 Å². The molecule has 2 aromatic carbocycles. The lowest BCUT2D eigenvalue weighted by Crippen LogP contribution is -2.46. The monoisotopic (exact) mass is 395 g/mol. The van der Waals surface area contributed by atoms with E-state index in [9.17, 15) is 9.59 Å². The predicted octanol–water partition coefficient (Wildman–Crippen LogP) is 4.21. The molecule has 0 unspecified atom stereocenters. The highest BCUT2D eigenvalue weighted by atomic mass is 16.6. The topological polar surface area (TPSA) is 71.0 Å². The van der Waals surface area contributed by atoms with Crippen LogP contribution in [0.15, 0.2) is 59.8 Å². The molecule has 0 aromatic heterocycles. The van der Waals surface area contributed by atoms with Crippen molar-refractivity contribution in [2.45, 2.75) is 46.7 Å². The van der Waals surface area contributed by atoms with Crippen molar-refractivity contribution in [2.75, 3.05) is 11.9 Å². The third kappa shape index (κ3) is 7.07. The fourth-order valence-electron chi connectivity index (χ4n) is 2.78. The number of rotatable bonds is 7. The number of oxime groups is 1. The van der Waals surface area contributed by atoms with Crippen molar-refractivity contribution in [1.82, 2.24) is 4.90 Å². The van der Waals surface area contributed by atoms with Crippen molar-refractivity contribution in [3.63, 3.8) is 0 Å². The van der Waals surface area contributed by atoms with Gasteiger partial charge >= 0.3 is 0 Å². The summed E-state index contributed by atoms with van der Waals surface area (Å²) in [6, 6.07) is 17.1. The summed E-state index contributed by atoms with van der Waals surface area (Å²) in [4.78, 5) is 31.0. The molecular weight excluding hydrogens is 366 g/mol. The molecule has 0 saturated heterocycles. The Kier molecular flexibility index (Phi) is 7.53. The van der Waals surface area contributed by atoms with Crippen LogP contribution in [0.25, 0.3) is 0 Å². The van der Waals surface area contributed by atoms with E-state index in [-0.39, 0.29) is 24.0 Å². The van der Waals surface area contributed by atoms with Gasteiger partial charge in [-0.25, -0.2) is 0 Å². The molecule has 154 valence electrons. The molecule has 0 fully saturated rings. The molecule has 0 aliphatic carbocycles. The van der Waals surface area contributed by atoms with Gasteiger partial charge in [0.05, 0.1) is 5.71 Å². The van der Waals surface area contributed by atoms with Crippen molar-refractivity contribution < 1.29 is 14.4 Å². The van der Waals surface area contributed by atoms with Gasteiger partial charge in [0.2, 0.25) is 5.91 Å². The largest absolute Gasteiger partial charge is 0.385 e. The van der Waals surface area contributed by atoms with Gasteiger partial charge in [-0.15, -0.1) is 0 Å². The van der Waals surface area contributed by atoms with Gasteiger partial charge in [0.15, 0.2) is 6.61 Å². The summed E-state index contributed by atoms with van der Waals surface area (Å²) in [7, 11) is 0. The molecule has 2 aromatic rings. The molecule has 0 aliphatic heterocycles. The normalized spacial score (nSPS) is 11.7. The summed E-state index contributed by atoms with van der Waals surface area (Å²) in [6.45, 7) is 9.65. The molecule has 0 bridgehead atoms. The van der Waals surface area contributed by atoms with Gasteiger partial charge in [-0.3, -0.25) is 9.59 Å². The Morgan fingerprint density at radius 1 is 1.00 bits per heavy atom. The van der Waals surface area contributed by atoms with E-state index >= 15 is 0 Å². The number of hydrogen-bond acceptors (Lipinski definition) is 4. The van der Waals surface area contributed by atoms with Crippen LogP contribution in [-0.4, -0.2) is 34.6 Å². The molecule has 6 nitrogen and oxygen atoms in total. The molecule has 2 amide bonds. The summed E-state index contributed by atoms with van der Waals surface area (Å²) in [5.41, 5.74) is 2.94. The predicted molar refractivity (Wildman–Crippen MR) is 116 cm³/mol. The first kappa shape index (κ1) is 22.1. The van der Waals surface area contributed by atoms with Crippen LogP contribution < -0.4 is 5.32 Å². The van der Waals surface area contributed by atoms with Gasteiger partial charge in [0, 0.05) is 24.7 Å². The summed E-state index contributed by atoms with van der Waals surface area (Å²) < 4.78 is 0. The lowest BCUT2D eigenvalue weighted by molar-refractivity contribution is -0.141. The second-order valence-corrected chi connectivity index (χ2v) is 7.84. The average molecular weight is 396 g/mol. The van der Waals surface area contributed by atoms with Crippen LogP contribution in [0.5, 0.6) is 0 Å². The fourth-order valence-corrected chi connectivity index (χ4v) is 2.78. The maximum atomic E-state index is 12.8. The molecule has 2 rings (SSSR count). The fraction of sp³-hybridized carbons (Fsp3) is 0.348. The van der Waals surface area contributed by atoms with Gasteiger partial charge in [0.1, 0.15) is 0 Å². The smallest absolute Gasteiger partial charge is 0.264 e. The first-order valence-electron chi connectivity index (χ1n) is 9.56. The standard InChI is InChI=1S/C23H29N3O3/c1-17(20-11-13-21(14-12-20)24-18(2)27)25-29-16-22(28)26(23(3,4)5)15-19-9-7-6-8-10-19/h6-14H,15-16H2,1-5H3,(H,24,27)/b25-17-. The lowest BCUT2D eigenvalue weighted by Gasteiger charge is -2.35. The zero-order chi connectivity index (χ0) is 21.4. The Labute approximate surface area is 172 Å². The van der Waals surface area contributed by atoms with Crippen molar-refractivity contribution in [1.29, 1.82) is 0 Å². The maximum absolute atomic E-state index is 12.8. The van der Waals surface area contributed by atoms with Crippen molar-refractivity contribution >= 4 is 23.2 Å². The Balaban J connectivity index is 1.98. The van der Waals surface area contributed by atoms with Crippen LogP contribution in [0.3, 0.4) is 0 Å². The molecule has 1 N–H and O–H groups in total. The highest BCUT2D eigenvalue weighted by Crippen LogP contribution is 2.18. The van der Waals surface area contributed by atoms with E-state index in [4.69, 9.17) is 4.84 Å². The zero-order valence-corrected chi connectivity index (χ0v) is 17.7. The van der Waals surface area contributed by atoms with Gasteiger partial charge in [-0.1, -0.05) is 47.6 Å². The molecule has 0 spiro atoms. The van der Waals surface area contributed by atoms with Gasteiger partial charge in [0.25, 0.3) is 5.91 Å². The number of nitrogens with one attached hydrogen (secondary N) is 1. The van der Waals surface area contributed by atoms with E-state index in [0.717, 1.165) is 11.1 Å². The average Bonchev–Trinajstić information content (AvgIpc) is 2.66. The molecule has 0 saturated carbocycles. The van der Waals surface area contributed by atoms with Crippen molar-refractivity contribution in [3.8, 4) is 0 Å². The molecular formula is C23H29N3O3. The number of amides is 2. The van der Waals surface area contributed by atoms with Gasteiger partial charge in [-0.2, -0.15) is 0 Å². The van der Waals surface area contributed by atoms with E-state index in [1.807, 2.05) is 70.2 Å². The van der Waals surface area contributed by atoms with Crippen LogP contribution >= 0.6 is 0 Å². The number of carbonyl (C=O) groups excluding carboxylic acids is 2. The number of hydrogen-bond donors (Lipinski definition) is 1. The van der Waals surface area contributed by atoms with E-state index in [2.05, 4.69) is 10.5 Å². The highest BCUT2D eigenvalue weighted by Gasteiger charge is 2.26. The van der Waals surface area contributed by atoms with E-state index in [0.29, 0.717) is 17.9 Å². The van der Waals surface area contributed by atoms with Crippen LogP contribution in [0.1, 0.15) is 45.7 Å². The third-order valence-corrected chi connectivity index (χ3v) is 4.31. The summed E-state index contributed by atoms with van der Waals surface area (Å²) >= 11 is 0. The molecule has 29 heavy (non-hydrogen) atoms. The van der Waals surface area contributed by atoms with Crippen molar-refractivity contribution in [3.05, 3.63) is 65.7 Å². The first-order valence-corrected chi connectivity index (χ1v) is 9.56. The Bertz CT molecular complexity index is 853. The number of benzene rings is 2. The van der Waals surface area contributed by atoms with E-state index in [1.54, 1.807) is 17.0 Å². The minimum absolute atomic E-state index is 0.121. The SMILES string of the molecule is CC(=O)Nc1ccc(/C(C)=N\OCC(=O)N(Cc2ccccc2)C(C)(C)C)cc1. The second kappa shape index (κ2) is 9.87. The van der Waals surface area contributed by atoms with Crippen LogP contribution in [0.2, 0.25) is 0 Å². The minimum atomic E-state index is -0.339. The van der Waals surface area contributed by atoms with Gasteiger partial charge < -0.3 is 15.1 Å². The summed E-state index contributed by atoms with van der Waals surface area (Å²) in [6.07, 6.45) is 0. The first-order chi connectivity index (χ1) is 13.7. The quantitative estimate of drug-likeness (QED) is 0.564. The third-order valence-electron chi connectivity index (χ3n) is 4.31. The lowest BCUT2D eigenvalue weighted by atomic mass is 10.0. The van der Waals surface area contributed by atoms with Gasteiger partial charge in [-0.05, 0) is 51.0 Å². The molecule has 0 aliphatic rings. The molecule has 0 radical (unpaired) electrons. The zero-order valence-electron chi connectivity index (χ0n) is 17.7. The molecule has 0 heterocycles. The molecule has 0 atom stereocenters. The van der Waals surface area contributed by atoms with E-state index in [1.165, 1.54) is 6.92 Å². The second-order valence-electron chi connectivity index (χ2n) is 7.84. The Morgan fingerprint density at radius 2 is 1.62 bits per heavy atom. The maximum Gasteiger partial charge on any atom is 0.264 e. The summed E-state index contributed by atoms with van der Waals surface area (Å²) in [5, 5.41) is 6.79. The highest BCUT2D eigenvalue weighted by molar-refractivity contribution is 5.99. The molecule has 6 heteroatoms. The Morgan fingerprint density at radius 3 is 2.17 bits per heavy atom. The Hall–Kier alpha value is -3.15. The number of carbonyl (C=O) groups is 2. The number of nitrogens with zero attached hydrogens (tertiary/aromatic N) is 2. The minimum Gasteiger partial charge on any atom is -0.385 e.